The van der Waals surface area contributed by atoms with E-state index in [0.717, 1.165) is 24.4 Å². The van der Waals surface area contributed by atoms with Gasteiger partial charge in [-0.15, -0.1) is 0 Å². The van der Waals surface area contributed by atoms with Crippen LogP contribution in [-0.4, -0.2) is 42.9 Å². The molecule has 2 aliphatic heterocycles. The zero-order chi connectivity index (χ0) is 14.3. The van der Waals surface area contributed by atoms with Gasteiger partial charge in [-0.2, -0.15) is 16.1 Å². The van der Waals surface area contributed by atoms with E-state index >= 15 is 0 Å². The van der Waals surface area contributed by atoms with Crippen molar-refractivity contribution in [3.8, 4) is 0 Å². The summed E-state index contributed by atoms with van der Waals surface area (Å²) in [4.78, 5) is 0.414. The Morgan fingerprint density at radius 2 is 2.15 bits per heavy atom. The Balaban J connectivity index is 1.95. The Morgan fingerprint density at radius 3 is 2.95 bits per heavy atom. The summed E-state index contributed by atoms with van der Waals surface area (Å²) in [6.07, 6.45) is 0.976. The van der Waals surface area contributed by atoms with E-state index in [1.807, 2.05) is 24.8 Å². The molecule has 110 valence electrons. The molecule has 0 aliphatic carbocycles. The quantitative estimate of drug-likeness (QED) is 0.909. The Morgan fingerprint density at radius 1 is 1.35 bits per heavy atom. The van der Waals surface area contributed by atoms with E-state index in [-0.39, 0.29) is 6.04 Å². The van der Waals surface area contributed by atoms with Crippen LogP contribution in [0.5, 0.6) is 0 Å². The largest absolute Gasteiger partial charge is 0.384 e. The Bertz CT molecular complexity index is 616. The number of sulfonamides is 1. The molecule has 0 amide bonds. The Kier molecular flexibility index (Phi) is 3.73. The van der Waals surface area contributed by atoms with E-state index in [1.165, 1.54) is 5.56 Å². The lowest BCUT2D eigenvalue weighted by Crippen LogP contribution is -2.47. The molecule has 1 fully saturated rings. The number of benzene rings is 1. The summed E-state index contributed by atoms with van der Waals surface area (Å²) in [5, 5.41) is 3.59. The topological polar surface area (TPSA) is 49.4 Å². The highest BCUT2D eigenvalue weighted by Crippen LogP contribution is 2.32. The van der Waals surface area contributed by atoms with Crippen molar-refractivity contribution in [3.05, 3.63) is 23.8 Å². The lowest BCUT2D eigenvalue weighted by Gasteiger charge is -2.36. The standard InChI is InChI=1S/C14H20N2O2S2/c1-10-11(2)19-8-7-16(10)20(17,18)13-4-3-12-5-6-15-14(12)9-13/h3-4,9-11,15H,5-8H2,1-2H3. The molecule has 2 unspecified atom stereocenters. The first-order valence-electron chi connectivity index (χ1n) is 7.00. The van der Waals surface area contributed by atoms with Gasteiger partial charge in [-0.1, -0.05) is 13.0 Å². The van der Waals surface area contributed by atoms with Gasteiger partial charge in [0.25, 0.3) is 0 Å². The van der Waals surface area contributed by atoms with Crippen LogP contribution in [-0.2, 0) is 16.4 Å². The molecule has 1 N–H and O–H groups in total. The molecule has 0 aromatic heterocycles. The van der Waals surface area contributed by atoms with Crippen molar-refractivity contribution in [2.45, 2.75) is 36.5 Å². The number of nitrogens with one attached hydrogen (secondary N) is 1. The van der Waals surface area contributed by atoms with Gasteiger partial charge in [0.2, 0.25) is 10.0 Å². The second-order valence-electron chi connectivity index (χ2n) is 5.43. The average Bonchev–Trinajstić information content (AvgIpc) is 2.89. The van der Waals surface area contributed by atoms with Crippen LogP contribution in [0.25, 0.3) is 0 Å². The summed E-state index contributed by atoms with van der Waals surface area (Å²) in [6, 6.07) is 5.52. The van der Waals surface area contributed by atoms with Gasteiger partial charge in [-0.25, -0.2) is 8.42 Å². The molecule has 0 saturated carbocycles. The zero-order valence-corrected chi connectivity index (χ0v) is 13.4. The minimum atomic E-state index is -3.39. The molecule has 2 heterocycles. The van der Waals surface area contributed by atoms with Crippen LogP contribution in [0.2, 0.25) is 0 Å². The monoisotopic (exact) mass is 312 g/mol. The summed E-state index contributed by atoms with van der Waals surface area (Å²) < 4.78 is 27.3. The third kappa shape index (κ3) is 2.34. The first-order chi connectivity index (χ1) is 9.50. The molecule has 1 saturated heterocycles. The van der Waals surface area contributed by atoms with Gasteiger partial charge < -0.3 is 5.32 Å². The molecule has 6 heteroatoms. The van der Waals surface area contributed by atoms with Crippen molar-refractivity contribution in [2.24, 2.45) is 0 Å². The summed E-state index contributed by atoms with van der Waals surface area (Å²) in [7, 11) is -3.39. The maximum Gasteiger partial charge on any atom is 0.243 e. The lowest BCUT2D eigenvalue weighted by atomic mass is 10.2. The van der Waals surface area contributed by atoms with Crippen molar-refractivity contribution in [1.82, 2.24) is 4.31 Å². The van der Waals surface area contributed by atoms with Crippen molar-refractivity contribution in [3.63, 3.8) is 0 Å². The summed E-state index contributed by atoms with van der Waals surface area (Å²) >= 11 is 1.84. The van der Waals surface area contributed by atoms with Crippen LogP contribution in [0.1, 0.15) is 19.4 Å². The fourth-order valence-corrected chi connectivity index (χ4v) is 5.83. The molecule has 1 aromatic rings. The number of rotatable bonds is 2. The smallest absolute Gasteiger partial charge is 0.243 e. The van der Waals surface area contributed by atoms with E-state index in [4.69, 9.17) is 0 Å². The predicted octanol–water partition coefficient (Wildman–Crippen LogP) is 2.17. The first kappa shape index (κ1) is 14.2. The molecule has 1 aromatic carbocycles. The van der Waals surface area contributed by atoms with E-state index in [2.05, 4.69) is 12.2 Å². The molecule has 0 bridgehead atoms. The van der Waals surface area contributed by atoms with Crippen LogP contribution in [0.15, 0.2) is 23.1 Å². The number of fused-ring (bicyclic) bond motifs is 1. The number of anilines is 1. The fourth-order valence-electron chi connectivity index (χ4n) is 2.81. The lowest BCUT2D eigenvalue weighted by molar-refractivity contribution is 0.340. The molecule has 0 radical (unpaired) electrons. The number of thioether (sulfide) groups is 1. The maximum absolute atomic E-state index is 12.8. The second kappa shape index (κ2) is 5.24. The minimum absolute atomic E-state index is 0.0416. The van der Waals surface area contributed by atoms with E-state index in [1.54, 1.807) is 16.4 Å². The van der Waals surface area contributed by atoms with Crippen LogP contribution < -0.4 is 5.32 Å². The van der Waals surface area contributed by atoms with Crippen molar-refractivity contribution >= 4 is 27.5 Å². The van der Waals surface area contributed by atoms with Gasteiger partial charge in [-0.3, -0.25) is 0 Å². The molecule has 4 nitrogen and oxygen atoms in total. The van der Waals surface area contributed by atoms with Gasteiger partial charge in [0.05, 0.1) is 4.90 Å². The highest BCUT2D eigenvalue weighted by Gasteiger charge is 2.35. The fraction of sp³-hybridized carbons (Fsp3) is 0.571. The molecule has 20 heavy (non-hydrogen) atoms. The van der Waals surface area contributed by atoms with E-state index in [0.29, 0.717) is 16.7 Å². The van der Waals surface area contributed by atoms with Crippen molar-refractivity contribution < 1.29 is 8.42 Å². The molecule has 3 rings (SSSR count). The number of nitrogens with zero attached hydrogens (tertiary/aromatic N) is 1. The summed E-state index contributed by atoms with van der Waals surface area (Å²) in [5.41, 5.74) is 2.18. The molecular formula is C14H20N2O2S2. The Labute approximate surface area is 125 Å². The van der Waals surface area contributed by atoms with Crippen LogP contribution in [0.4, 0.5) is 5.69 Å². The minimum Gasteiger partial charge on any atom is -0.384 e. The molecule has 2 aliphatic rings. The van der Waals surface area contributed by atoms with Gasteiger partial charge in [0.15, 0.2) is 0 Å². The summed E-state index contributed by atoms with van der Waals surface area (Å²) in [6.45, 7) is 5.59. The van der Waals surface area contributed by atoms with Gasteiger partial charge in [0, 0.05) is 35.8 Å². The zero-order valence-electron chi connectivity index (χ0n) is 11.8. The highest BCUT2D eigenvalue weighted by atomic mass is 32.2. The van der Waals surface area contributed by atoms with Gasteiger partial charge >= 0.3 is 0 Å². The second-order valence-corrected chi connectivity index (χ2v) is 8.80. The third-order valence-corrected chi connectivity index (χ3v) is 7.54. The van der Waals surface area contributed by atoms with Crippen LogP contribution >= 0.6 is 11.8 Å². The predicted molar refractivity (Wildman–Crippen MR) is 83.9 cm³/mol. The Hall–Kier alpha value is -0.720. The van der Waals surface area contributed by atoms with E-state index < -0.39 is 10.0 Å². The van der Waals surface area contributed by atoms with Crippen LogP contribution in [0.3, 0.4) is 0 Å². The highest BCUT2D eigenvalue weighted by molar-refractivity contribution is 8.00. The number of hydrogen-bond acceptors (Lipinski definition) is 4. The van der Waals surface area contributed by atoms with Crippen molar-refractivity contribution in [2.75, 3.05) is 24.2 Å². The van der Waals surface area contributed by atoms with Crippen molar-refractivity contribution in [1.29, 1.82) is 0 Å². The maximum atomic E-state index is 12.8. The average molecular weight is 312 g/mol. The molecule has 0 spiro atoms. The van der Waals surface area contributed by atoms with E-state index in [9.17, 15) is 8.42 Å². The molecule has 2 atom stereocenters. The summed E-state index contributed by atoms with van der Waals surface area (Å²) in [5.74, 6) is 0.869. The first-order valence-corrected chi connectivity index (χ1v) is 9.49. The molecular weight excluding hydrogens is 292 g/mol. The third-order valence-electron chi connectivity index (χ3n) is 4.22. The van der Waals surface area contributed by atoms with Gasteiger partial charge in [-0.05, 0) is 31.0 Å². The normalized spacial score (nSPS) is 27.1. The number of hydrogen-bond donors (Lipinski definition) is 1. The van der Waals surface area contributed by atoms with Gasteiger partial charge in [0.1, 0.15) is 0 Å². The SMILES string of the molecule is CC1SCCN(S(=O)(=O)c2ccc3c(c2)NCC3)C1C. The van der Waals surface area contributed by atoms with Crippen LogP contribution in [0, 0.1) is 0 Å².